The van der Waals surface area contributed by atoms with Crippen molar-refractivity contribution < 1.29 is 9.59 Å². The van der Waals surface area contributed by atoms with Crippen LogP contribution in [0.2, 0.25) is 0 Å². The van der Waals surface area contributed by atoms with Gasteiger partial charge in [-0.3, -0.25) is 14.5 Å². The van der Waals surface area contributed by atoms with Crippen LogP contribution in [0.15, 0.2) is 42.5 Å². The van der Waals surface area contributed by atoms with E-state index in [4.69, 9.17) is 5.26 Å². The van der Waals surface area contributed by atoms with E-state index in [1.165, 1.54) is 7.05 Å². The average Bonchev–Trinajstić information content (AvgIpc) is 2.77. The summed E-state index contributed by atoms with van der Waals surface area (Å²) >= 11 is 0. The Balaban J connectivity index is 1.83. The quantitative estimate of drug-likeness (QED) is 0.881. The van der Waals surface area contributed by atoms with Crippen LogP contribution >= 0.6 is 0 Å². The lowest BCUT2D eigenvalue weighted by Gasteiger charge is -2.08. The largest absolute Gasteiger partial charge is 0.381 e. The predicted octanol–water partition coefficient (Wildman–Crippen LogP) is 2.40. The van der Waals surface area contributed by atoms with Crippen LogP contribution in [-0.2, 0) is 6.54 Å². The monoisotopic (exact) mass is 291 g/mol. The maximum absolute atomic E-state index is 12.0. The summed E-state index contributed by atoms with van der Waals surface area (Å²) in [4.78, 5) is 24.9. The van der Waals surface area contributed by atoms with E-state index in [1.807, 2.05) is 18.2 Å². The number of rotatable bonds is 3. The first-order chi connectivity index (χ1) is 10.6. The molecular weight excluding hydrogens is 278 g/mol. The Morgan fingerprint density at radius 1 is 1.09 bits per heavy atom. The van der Waals surface area contributed by atoms with Gasteiger partial charge in [0.1, 0.15) is 0 Å². The van der Waals surface area contributed by atoms with E-state index in [1.54, 1.807) is 24.3 Å². The number of carbonyl (C=O) groups excluding carboxylic acids is 2. The van der Waals surface area contributed by atoms with E-state index in [-0.39, 0.29) is 11.8 Å². The van der Waals surface area contributed by atoms with Gasteiger partial charge in [0.15, 0.2) is 0 Å². The lowest BCUT2D eigenvalue weighted by Crippen LogP contribution is -2.24. The van der Waals surface area contributed by atoms with Gasteiger partial charge < -0.3 is 5.32 Å². The van der Waals surface area contributed by atoms with Crippen molar-refractivity contribution in [2.45, 2.75) is 6.54 Å². The molecule has 0 saturated carbocycles. The summed E-state index contributed by atoms with van der Waals surface area (Å²) in [7, 11) is 1.47. The zero-order valence-electron chi connectivity index (χ0n) is 12.0. The van der Waals surface area contributed by atoms with Gasteiger partial charge in [-0.2, -0.15) is 5.26 Å². The summed E-state index contributed by atoms with van der Waals surface area (Å²) in [6.07, 6.45) is 0. The van der Waals surface area contributed by atoms with Gasteiger partial charge in [0, 0.05) is 19.3 Å². The summed E-state index contributed by atoms with van der Waals surface area (Å²) in [6.45, 7) is 0.473. The number of anilines is 1. The van der Waals surface area contributed by atoms with Gasteiger partial charge in [-0.05, 0) is 29.8 Å². The van der Waals surface area contributed by atoms with Crippen molar-refractivity contribution in [2.75, 3.05) is 12.4 Å². The molecule has 3 rings (SSSR count). The Hall–Kier alpha value is -3.13. The number of amides is 2. The average molecular weight is 291 g/mol. The van der Waals surface area contributed by atoms with E-state index >= 15 is 0 Å². The first-order valence-corrected chi connectivity index (χ1v) is 6.80. The molecule has 22 heavy (non-hydrogen) atoms. The van der Waals surface area contributed by atoms with Crippen LogP contribution < -0.4 is 5.32 Å². The number of nitrogens with one attached hydrogen (secondary N) is 1. The Morgan fingerprint density at radius 2 is 1.82 bits per heavy atom. The molecule has 5 nitrogen and oxygen atoms in total. The summed E-state index contributed by atoms with van der Waals surface area (Å²) in [6, 6.07) is 14.6. The highest BCUT2D eigenvalue weighted by molar-refractivity contribution is 6.21. The number of hydrogen-bond donors (Lipinski definition) is 1. The normalized spacial score (nSPS) is 13.0. The summed E-state index contributed by atoms with van der Waals surface area (Å²) in [5.41, 5.74) is 3.07. The van der Waals surface area contributed by atoms with Gasteiger partial charge in [-0.15, -0.1) is 0 Å². The number of nitriles is 1. The van der Waals surface area contributed by atoms with Crippen molar-refractivity contribution >= 4 is 17.5 Å². The third-order valence-corrected chi connectivity index (χ3v) is 3.71. The smallest absolute Gasteiger partial charge is 0.261 e. The number of imide groups is 1. The first-order valence-electron chi connectivity index (χ1n) is 6.80. The van der Waals surface area contributed by atoms with Crippen molar-refractivity contribution in [1.29, 1.82) is 5.26 Å². The maximum atomic E-state index is 12.0. The third kappa shape index (κ3) is 2.21. The second kappa shape index (κ2) is 5.34. The molecule has 1 N–H and O–H groups in total. The minimum Gasteiger partial charge on any atom is -0.381 e. The summed E-state index contributed by atoms with van der Waals surface area (Å²) in [5.74, 6) is -0.567. The minimum atomic E-state index is -0.291. The number of fused-ring (bicyclic) bond motifs is 1. The van der Waals surface area contributed by atoms with Crippen LogP contribution in [0.1, 0.15) is 31.8 Å². The van der Waals surface area contributed by atoms with Crippen molar-refractivity contribution in [3.8, 4) is 6.07 Å². The second-order valence-corrected chi connectivity index (χ2v) is 5.05. The fraction of sp³-hybridized carbons (Fsp3) is 0.118. The Kier molecular flexibility index (Phi) is 3.36. The van der Waals surface area contributed by atoms with Crippen molar-refractivity contribution in [1.82, 2.24) is 4.90 Å². The lowest BCUT2D eigenvalue weighted by atomic mass is 10.1. The summed E-state index contributed by atoms with van der Waals surface area (Å²) in [5, 5.41) is 12.3. The molecule has 2 aromatic carbocycles. The molecule has 1 aliphatic heterocycles. The molecule has 2 aromatic rings. The van der Waals surface area contributed by atoms with E-state index in [2.05, 4.69) is 11.4 Å². The Labute approximate surface area is 127 Å². The molecule has 0 bridgehead atoms. The van der Waals surface area contributed by atoms with E-state index in [0.717, 1.165) is 16.2 Å². The molecule has 1 aliphatic rings. The molecule has 0 fully saturated rings. The highest BCUT2D eigenvalue weighted by Crippen LogP contribution is 2.25. The molecule has 0 aromatic heterocycles. The SMILES string of the molecule is CN1C(=O)c2ccc(NCc3ccccc3C#N)cc2C1=O. The lowest BCUT2D eigenvalue weighted by molar-refractivity contribution is 0.0693. The van der Waals surface area contributed by atoms with Crippen LogP contribution in [0.5, 0.6) is 0 Å². The van der Waals surface area contributed by atoms with E-state index in [0.29, 0.717) is 23.2 Å². The fourth-order valence-electron chi connectivity index (χ4n) is 2.45. The van der Waals surface area contributed by atoms with Crippen LogP contribution in [0.25, 0.3) is 0 Å². The van der Waals surface area contributed by atoms with Crippen molar-refractivity contribution in [3.63, 3.8) is 0 Å². The first kappa shape index (κ1) is 13.8. The number of nitrogens with zero attached hydrogens (tertiary/aromatic N) is 2. The molecule has 108 valence electrons. The highest BCUT2D eigenvalue weighted by atomic mass is 16.2. The van der Waals surface area contributed by atoms with Crippen molar-refractivity contribution in [2.24, 2.45) is 0 Å². The zero-order valence-corrected chi connectivity index (χ0v) is 12.0. The Bertz CT molecular complexity index is 821. The Morgan fingerprint density at radius 3 is 2.59 bits per heavy atom. The predicted molar refractivity (Wildman–Crippen MR) is 81.3 cm³/mol. The highest BCUT2D eigenvalue weighted by Gasteiger charge is 2.32. The van der Waals surface area contributed by atoms with Gasteiger partial charge in [0.2, 0.25) is 0 Å². The zero-order chi connectivity index (χ0) is 15.7. The van der Waals surface area contributed by atoms with Crippen LogP contribution in [0.4, 0.5) is 5.69 Å². The maximum Gasteiger partial charge on any atom is 0.261 e. The molecule has 1 heterocycles. The molecular formula is C17H13N3O2. The molecule has 0 atom stereocenters. The number of hydrogen-bond acceptors (Lipinski definition) is 4. The second-order valence-electron chi connectivity index (χ2n) is 5.05. The molecule has 0 aliphatic carbocycles. The topological polar surface area (TPSA) is 73.2 Å². The van der Waals surface area contributed by atoms with Crippen LogP contribution in [0, 0.1) is 11.3 Å². The van der Waals surface area contributed by atoms with Gasteiger partial charge in [-0.1, -0.05) is 18.2 Å². The third-order valence-electron chi connectivity index (χ3n) is 3.71. The minimum absolute atomic E-state index is 0.277. The molecule has 5 heteroatoms. The molecule has 0 radical (unpaired) electrons. The van der Waals surface area contributed by atoms with Gasteiger partial charge in [-0.25, -0.2) is 0 Å². The molecule has 0 spiro atoms. The van der Waals surface area contributed by atoms with Gasteiger partial charge in [0.25, 0.3) is 11.8 Å². The number of carbonyl (C=O) groups is 2. The number of benzene rings is 2. The van der Waals surface area contributed by atoms with Crippen molar-refractivity contribution in [3.05, 3.63) is 64.7 Å². The van der Waals surface area contributed by atoms with E-state index < -0.39 is 0 Å². The van der Waals surface area contributed by atoms with Gasteiger partial charge in [0.05, 0.1) is 22.8 Å². The standard InChI is InChI=1S/C17H13N3O2/c1-20-16(21)14-7-6-13(8-15(14)17(20)22)19-10-12-5-3-2-4-11(12)9-18/h2-8,19H,10H2,1H3. The fourth-order valence-corrected chi connectivity index (χ4v) is 2.45. The molecule has 2 amide bonds. The molecule has 0 unspecified atom stereocenters. The van der Waals surface area contributed by atoms with Crippen LogP contribution in [-0.4, -0.2) is 23.8 Å². The van der Waals surface area contributed by atoms with E-state index in [9.17, 15) is 9.59 Å². The molecule has 0 saturated heterocycles. The van der Waals surface area contributed by atoms with Crippen LogP contribution in [0.3, 0.4) is 0 Å². The van der Waals surface area contributed by atoms with Gasteiger partial charge >= 0.3 is 0 Å². The summed E-state index contributed by atoms with van der Waals surface area (Å²) < 4.78 is 0.